The number of pyridine rings is 1. The van der Waals surface area contributed by atoms with Crippen molar-refractivity contribution >= 4 is 17.9 Å². The molecule has 0 bridgehead atoms. The molecule has 32 heavy (non-hydrogen) atoms. The second kappa shape index (κ2) is 9.71. The summed E-state index contributed by atoms with van der Waals surface area (Å²) in [6.07, 6.45) is 7.34. The first-order chi connectivity index (χ1) is 15.6. The number of aromatic nitrogens is 5. The molecule has 0 aliphatic carbocycles. The van der Waals surface area contributed by atoms with Crippen LogP contribution in [0.3, 0.4) is 0 Å². The molecule has 0 spiro atoms. The van der Waals surface area contributed by atoms with E-state index in [2.05, 4.69) is 51.2 Å². The Labute approximate surface area is 187 Å². The Morgan fingerprint density at radius 2 is 2.16 bits per heavy atom. The van der Waals surface area contributed by atoms with Crippen molar-refractivity contribution in [2.24, 2.45) is 5.92 Å². The van der Waals surface area contributed by atoms with Crippen LogP contribution in [-0.4, -0.2) is 43.8 Å². The smallest absolute Gasteiger partial charge is 0.415 e. The van der Waals surface area contributed by atoms with Gasteiger partial charge in [-0.1, -0.05) is 38.8 Å². The van der Waals surface area contributed by atoms with Crippen LogP contribution in [0.4, 0.5) is 16.6 Å². The van der Waals surface area contributed by atoms with Crippen molar-refractivity contribution < 1.29 is 15.5 Å². The first-order valence-electron chi connectivity index (χ1n) is 10.9. The van der Waals surface area contributed by atoms with Gasteiger partial charge in [-0.25, -0.2) is 9.78 Å². The molecule has 0 saturated carbocycles. The molecule has 3 aromatic rings. The van der Waals surface area contributed by atoms with E-state index in [1.54, 1.807) is 29.6 Å². The molecule has 4 heterocycles. The van der Waals surface area contributed by atoms with Gasteiger partial charge in [0.05, 0.1) is 6.04 Å². The van der Waals surface area contributed by atoms with Crippen LogP contribution >= 0.6 is 0 Å². The molecule has 10 nitrogen and oxygen atoms in total. The van der Waals surface area contributed by atoms with Crippen LogP contribution in [-0.2, 0) is 4.74 Å². The summed E-state index contributed by atoms with van der Waals surface area (Å²) in [5, 5.41) is 7.41. The van der Waals surface area contributed by atoms with Crippen LogP contribution in [0.1, 0.15) is 53.4 Å². The van der Waals surface area contributed by atoms with Crippen molar-refractivity contribution in [1.29, 1.82) is 0 Å². The molecule has 4 rings (SSSR count). The molecule has 3 aromatic heterocycles. The van der Waals surface area contributed by atoms with E-state index in [1.165, 1.54) is 0 Å². The van der Waals surface area contributed by atoms with Gasteiger partial charge in [-0.05, 0) is 30.5 Å². The first kappa shape index (κ1) is 21.7. The lowest BCUT2D eigenvalue weighted by molar-refractivity contribution is 0.177. The molecular formula is C22H29N7O3. The van der Waals surface area contributed by atoms with Gasteiger partial charge in [0.15, 0.2) is 0 Å². The number of carbonyl (C=O) groups is 1. The minimum atomic E-state index is -0.395. The van der Waals surface area contributed by atoms with E-state index in [9.17, 15) is 4.79 Å². The molecule has 0 aromatic carbocycles. The predicted octanol–water partition coefficient (Wildman–Crippen LogP) is 4.49. The number of anilines is 2. The molecule has 1 saturated heterocycles. The van der Waals surface area contributed by atoms with E-state index in [0.717, 1.165) is 24.8 Å². The maximum Gasteiger partial charge on any atom is 0.415 e. The normalized spacial score (nSPS) is 16.9. The third-order valence-electron chi connectivity index (χ3n) is 5.37. The van der Waals surface area contributed by atoms with Crippen LogP contribution < -0.4 is 10.2 Å². The maximum absolute atomic E-state index is 12.3. The lowest BCUT2D eigenvalue weighted by Gasteiger charge is -2.23. The summed E-state index contributed by atoms with van der Waals surface area (Å²) in [6, 6.07) is 5.07. The second-order valence-corrected chi connectivity index (χ2v) is 8.03. The van der Waals surface area contributed by atoms with Gasteiger partial charge in [0.2, 0.25) is 17.7 Å². The number of carbonyl (C=O) groups excluding carboxylic acids is 1. The van der Waals surface area contributed by atoms with Crippen LogP contribution in [0.15, 0.2) is 41.3 Å². The number of unbranched alkanes of at least 4 members (excludes halogenated alkanes) is 1. The third kappa shape index (κ3) is 4.68. The second-order valence-electron chi connectivity index (χ2n) is 8.03. The fourth-order valence-electron chi connectivity index (χ4n) is 3.55. The highest BCUT2D eigenvalue weighted by Crippen LogP contribution is 2.28. The van der Waals surface area contributed by atoms with Gasteiger partial charge in [0.1, 0.15) is 18.5 Å². The maximum atomic E-state index is 12.3. The number of rotatable bonds is 9. The number of ether oxygens (including phenoxy) is 1. The lowest BCUT2D eigenvalue weighted by Crippen LogP contribution is -2.37. The summed E-state index contributed by atoms with van der Waals surface area (Å²) in [7, 11) is 0. The molecule has 2 atom stereocenters. The highest BCUT2D eigenvalue weighted by atomic mass is 16.6. The van der Waals surface area contributed by atoms with Crippen molar-refractivity contribution in [2.45, 2.75) is 52.1 Å². The Morgan fingerprint density at radius 3 is 2.91 bits per heavy atom. The van der Waals surface area contributed by atoms with Crippen LogP contribution in [0.5, 0.6) is 0 Å². The first-order valence-corrected chi connectivity index (χ1v) is 10.9. The third-order valence-corrected chi connectivity index (χ3v) is 5.37. The summed E-state index contributed by atoms with van der Waals surface area (Å²) in [6.45, 7) is 6.57. The Morgan fingerprint density at radius 1 is 1.28 bits per heavy atom. The van der Waals surface area contributed by atoms with Crippen molar-refractivity contribution in [2.75, 3.05) is 16.8 Å². The molecule has 170 valence electrons. The van der Waals surface area contributed by atoms with E-state index in [-0.39, 0.29) is 19.4 Å². The highest BCUT2D eigenvalue weighted by Gasteiger charge is 2.37. The minimum absolute atomic E-state index is 0. The Kier molecular flexibility index (Phi) is 6.58. The monoisotopic (exact) mass is 439 g/mol. The summed E-state index contributed by atoms with van der Waals surface area (Å²) in [5.74, 6) is 2.04. The van der Waals surface area contributed by atoms with Crippen LogP contribution in [0.25, 0.3) is 11.4 Å². The average molecular weight is 440 g/mol. The minimum Gasteiger partial charge on any atom is -0.447 e. The zero-order valence-corrected chi connectivity index (χ0v) is 18.4. The van der Waals surface area contributed by atoms with Crippen molar-refractivity contribution in [1.82, 2.24) is 25.1 Å². The van der Waals surface area contributed by atoms with Gasteiger partial charge in [0, 0.05) is 25.6 Å². The molecule has 1 unspecified atom stereocenters. The average Bonchev–Trinajstić information content (AvgIpc) is 3.45. The van der Waals surface area contributed by atoms with Gasteiger partial charge in [0.25, 0.3) is 0 Å². The summed E-state index contributed by atoms with van der Waals surface area (Å²) < 4.78 is 10.8. The van der Waals surface area contributed by atoms with Gasteiger partial charge >= 0.3 is 6.09 Å². The number of hydrogen-bond donors (Lipinski definition) is 1. The topological polar surface area (TPSA) is 119 Å². The van der Waals surface area contributed by atoms with E-state index in [0.29, 0.717) is 30.1 Å². The quantitative estimate of drug-likeness (QED) is 0.514. The van der Waals surface area contributed by atoms with Crippen molar-refractivity contribution in [3.8, 4) is 11.4 Å². The highest BCUT2D eigenvalue weighted by molar-refractivity contribution is 5.89. The van der Waals surface area contributed by atoms with Crippen molar-refractivity contribution in [3.05, 3.63) is 42.7 Å². The fourth-order valence-corrected chi connectivity index (χ4v) is 3.55. The molecule has 10 heteroatoms. The van der Waals surface area contributed by atoms with Gasteiger partial charge in [-0.15, -0.1) is 0 Å². The standard InChI is InChI=1S/C22H27N7O3.H2/c1-4-5-8-16(20-27-19(28-32-20)15-7-6-10-23-12-15)25-21-24-11-9-18(26-21)29-17(14(2)3)13-31-22(29)30;/h6-7,9-12,14,16-17H,4-5,8,13H2,1-3H3,(H,24,25,26);1H/t16?,17-;/m1./s1. The molecule has 1 amide bonds. The Hall–Kier alpha value is -3.56. The van der Waals surface area contributed by atoms with Crippen LogP contribution in [0, 0.1) is 5.92 Å². The Bertz CT molecular complexity index is 1050. The van der Waals surface area contributed by atoms with Gasteiger partial charge < -0.3 is 14.6 Å². The predicted molar refractivity (Wildman–Crippen MR) is 120 cm³/mol. The number of nitrogens with one attached hydrogen (secondary N) is 1. The van der Waals surface area contributed by atoms with E-state index >= 15 is 0 Å². The van der Waals surface area contributed by atoms with Gasteiger partial charge in [-0.3, -0.25) is 9.88 Å². The number of amides is 1. The number of hydrogen-bond acceptors (Lipinski definition) is 9. The molecule has 0 radical (unpaired) electrons. The Balaban J connectivity index is 0.00000306. The SMILES string of the molecule is CCCCC(Nc1nccc(N2C(=O)OC[C@@H]2C(C)C)n1)c1nc(-c2cccnc2)no1.[HH]. The molecular weight excluding hydrogens is 410 g/mol. The lowest BCUT2D eigenvalue weighted by atomic mass is 10.0. The summed E-state index contributed by atoms with van der Waals surface area (Å²) in [5.41, 5.74) is 0.780. The van der Waals surface area contributed by atoms with E-state index in [4.69, 9.17) is 9.26 Å². The molecule has 1 fully saturated rings. The molecule has 1 aliphatic heterocycles. The van der Waals surface area contributed by atoms with E-state index < -0.39 is 6.09 Å². The van der Waals surface area contributed by atoms with E-state index in [1.807, 2.05) is 12.1 Å². The van der Waals surface area contributed by atoms with Gasteiger partial charge in [-0.2, -0.15) is 9.97 Å². The molecule has 1 aliphatic rings. The molecule has 1 N–H and O–H groups in total. The fraction of sp³-hybridized carbons (Fsp3) is 0.455. The number of cyclic esters (lactones) is 1. The zero-order chi connectivity index (χ0) is 22.5. The number of nitrogens with zero attached hydrogens (tertiary/aromatic N) is 6. The largest absolute Gasteiger partial charge is 0.447 e. The summed E-state index contributed by atoms with van der Waals surface area (Å²) >= 11 is 0. The van der Waals surface area contributed by atoms with Crippen LogP contribution in [0.2, 0.25) is 0 Å². The summed E-state index contributed by atoms with van der Waals surface area (Å²) in [4.78, 5) is 31.5. The zero-order valence-electron chi connectivity index (χ0n) is 18.4. The van der Waals surface area contributed by atoms with Crippen molar-refractivity contribution in [3.63, 3.8) is 0 Å².